The summed E-state index contributed by atoms with van der Waals surface area (Å²) in [5.41, 5.74) is 3.74. The lowest BCUT2D eigenvalue weighted by molar-refractivity contribution is -0.109. The number of nitrogens with zero attached hydrogens (tertiary/aromatic N) is 2. The Hall–Kier alpha value is -2.73. The Morgan fingerprint density at radius 1 is 1.10 bits per heavy atom. The largest absolute Gasteiger partial charge is 0.493 e. The number of hydrogen-bond donors (Lipinski definition) is 0. The van der Waals surface area contributed by atoms with Gasteiger partial charge in [0, 0.05) is 31.4 Å². The number of aldehydes is 1. The van der Waals surface area contributed by atoms with E-state index in [-0.39, 0.29) is 12.8 Å². The molecule has 0 amide bonds. The zero-order valence-corrected chi connectivity index (χ0v) is 17.4. The van der Waals surface area contributed by atoms with Crippen LogP contribution in [0, 0.1) is 0 Å². The second-order valence-electron chi connectivity index (χ2n) is 8.31. The average molecular weight is 408 g/mol. The summed E-state index contributed by atoms with van der Waals surface area (Å²) in [7, 11) is 1.65. The number of ether oxygens (including phenoxy) is 3. The SMILES string of the molecule is COc1cc([C@@H]2C[C@H](c3ccc(N4CCCC4)cc3)N(CC=O)C2)cc2c1OCO2. The van der Waals surface area contributed by atoms with Crippen LogP contribution in [0.25, 0.3) is 0 Å². The zero-order valence-electron chi connectivity index (χ0n) is 17.4. The summed E-state index contributed by atoms with van der Waals surface area (Å²) in [5, 5.41) is 0. The zero-order chi connectivity index (χ0) is 20.5. The molecule has 0 bridgehead atoms. The first kappa shape index (κ1) is 19.2. The molecule has 0 unspecified atom stereocenters. The molecule has 0 saturated carbocycles. The Kier molecular flexibility index (Phi) is 5.25. The van der Waals surface area contributed by atoms with Crippen LogP contribution in [0.2, 0.25) is 0 Å². The topological polar surface area (TPSA) is 51.2 Å². The molecule has 158 valence electrons. The highest BCUT2D eigenvalue weighted by Gasteiger charge is 2.35. The second-order valence-corrected chi connectivity index (χ2v) is 8.31. The van der Waals surface area contributed by atoms with Crippen molar-refractivity contribution in [2.45, 2.75) is 31.2 Å². The maximum Gasteiger partial charge on any atom is 0.231 e. The Balaban J connectivity index is 1.39. The summed E-state index contributed by atoms with van der Waals surface area (Å²) in [6.07, 6.45) is 4.52. The highest BCUT2D eigenvalue weighted by Crippen LogP contribution is 2.47. The smallest absolute Gasteiger partial charge is 0.231 e. The molecular formula is C24H28N2O4. The predicted molar refractivity (Wildman–Crippen MR) is 115 cm³/mol. The van der Waals surface area contributed by atoms with Crippen LogP contribution in [0.3, 0.4) is 0 Å². The molecule has 3 heterocycles. The monoisotopic (exact) mass is 408 g/mol. The van der Waals surface area contributed by atoms with Gasteiger partial charge in [0.15, 0.2) is 11.5 Å². The summed E-state index contributed by atoms with van der Waals surface area (Å²) >= 11 is 0. The fraction of sp³-hybridized carbons (Fsp3) is 0.458. The standard InChI is InChI=1S/C24H28N2O4/c1-28-22-13-18(14-23-24(22)30-16-29-23)19-12-21(26(15-19)10-11-27)17-4-6-20(7-5-17)25-8-2-3-9-25/h4-7,11,13-14,19,21H,2-3,8-10,12,15-16H2,1H3/t19-,21-/m1/s1. The normalized spacial score (nSPS) is 23.2. The van der Waals surface area contributed by atoms with Gasteiger partial charge in [-0.05, 0) is 60.6 Å². The van der Waals surface area contributed by atoms with E-state index in [9.17, 15) is 4.79 Å². The van der Waals surface area contributed by atoms with Crippen molar-refractivity contribution in [3.05, 3.63) is 47.5 Å². The molecule has 2 aromatic rings. The van der Waals surface area contributed by atoms with Crippen molar-refractivity contribution in [2.24, 2.45) is 0 Å². The number of rotatable bonds is 6. The first-order valence-electron chi connectivity index (χ1n) is 10.8. The maximum absolute atomic E-state index is 11.4. The predicted octanol–water partition coefficient (Wildman–Crippen LogP) is 3.75. The lowest BCUT2D eigenvalue weighted by atomic mass is 9.93. The van der Waals surface area contributed by atoms with E-state index in [1.54, 1.807) is 7.11 Å². The molecule has 3 aliphatic heterocycles. The van der Waals surface area contributed by atoms with Crippen molar-refractivity contribution >= 4 is 12.0 Å². The van der Waals surface area contributed by atoms with Crippen LogP contribution in [0.15, 0.2) is 36.4 Å². The first-order valence-corrected chi connectivity index (χ1v) is 10.8. The molecule has 2 saturated heterocycles. The van der Waals surface area contributed by atoms with Gasteiger partial charge in [0.2, 0.25) is 12.5 Å². The third kappa shape index (κ3) is 3.49. The molecule has 30 heavy (non-hydrogen) atoms. The minimum Gasteiger partial charge on any atom is -0.493 e. The van der Waals surface area contributed by atoms with Gasteiger partial charge in [-0.1, -0.05) is 12.1 Å². The van der Waals surface area contributed by atoms with Crippen molar-refractivity contribution < 1.29 is 19.0 Å². The van der Waals surface area contributed by atoms with Gasteiger partial charge in [0.25, 0.3) is 0 Å². The molecule has 0 aliphatic carbocycles. The second kappa shape index (κ2) is 8.19. The number of carbonyl (C=O) groups is 1. The van der Waals surface area contributed by atoms with Crippen molar-refractivity contribution in [1.29, 1.82) is 0 Å². The third-order valence-corrected chi connectivity index (χ3v) is 6.61. The fourth-order valence-corrected chi connectivity index (χ4v) is 5.06. The van der Waals surface area contributed by atoms with E-state index < -0.39 is 0 Å². The van der Waals surface area contributed by atoms with Crippen LogP contribution in [0.4, 0.5) is 5.69 Å². The van der Waals surface area contributed by atoms with Crippen LogP contribution in [0.5, 0.6) is 17.2 Å². The molecule has 5 rings (SSSR count). The minimum absolute atomic E-state index is 0.225. The van der Waals surface area contributed by atoms with Crippen molar-refractivity contribution in [3.63, 3.8) is 0 Å². The lowest BCUT2D eigenvalue weighted by Crippen LogP contribution is -2.26. The van der Waals surface area contributed by atoms with Gasteiger partial charge < -0.3 is 23.9 Å². The van der Waals surface area contributed by atoms with E-state index >= 15 is 0 Å². The Labute approximate surface area is 177 Å². The summed E-state index contributed by atoms with van der Waals surface area (Å²) in [6.45, 7) is 3.79. The molecule has 2 aromatic carbocycles. The highest BCUT2D eigenvalue weighted by atomic mass is 16.7. The van der Waals surface area contributed by atoms with E-state index in [0.717, 1.165) is 38.1 Å². The van der Waals surface area contributed by atoms with E-state index in [1.165, 1.54) is 29.7 Å². The number of fused-ring (bicyclic) bond motifs is 1. The van der Waals surface area contributed by atoms with Crippen molar-refractivity contribution in [3.8, 4) is 17.2 Å². The van der Waals surface area contributed by atoms with Crippen LogP contribution in [-0.2, 0) is 4.79 Å². The molecule has 2 atom stereocenters. The van der Waals surface area contributed by atoms with Crippen LogP contribution in [0.1, 0.15) is 42.3 Å². The Morgan fingerprint density at radius 3 is 2.63 bits per heavy atom. The molecule has 3 aliphatic rings. The first-order chi connectivity index (χ1) is 14.8. The third-order valence-electron chi connectivity index (χ3n) is 6.61. The number of methoxy groups -OCH3 is 1. The molecule has 0 spiro atoms. The van der Waals surface area contributed by atoms with E-state index in [4.69, 9.17) is 14.2 Å². The summed E-state index contributed by atoms with van der Waals surface area (Å²) in [6, 6.07) is 13.3. The van der Waals surface area contributed by atoms with Crippen LogP contribution < -0.4 is 19.1 Å². The maximum atomic E-state index is 11.4. The summed E-state index contributed by atoms with van der Waals surface area (Å²) in [4.78, 5) is 16.1. The van der Waals surface area contributed by atoms with Gasteiger partial charge in [-0.2, -0.15) is 0 Å². The number of benzene rings is 2. The highest BCUT2D eigenvalue weighted by molar-refractivity contribution is 5.56. The van der Waals surface area contributed by atoms with Gasteiger partial charge in [0.1, 0.15) is 6.29 Å². The van der Waals surface area contributed by atoms with Crippen LogP contribution in [-0.4, -0.2) is 51.3 Å². The average Bonchev–Trinajstić information content (AvgIpc) is 3.53. The van der Waals surface area contributed by atoms with Gasteiger partial charge in [-0.25, -0.2) is 0 Å². The van der Waals surface area contributed by atoms with Gasteiger partial charge in [-0.15, -0.1) is 0 Å². The van der Waals surface area contributed by atoms with E-state index in [0.29, 0.717) is 24.0 Å². The molecule has 6 heteroatoms. The van der Waals surface area contributed by atoms with Crippen LogP contribution >= 0.6 is 0 Å². The van der Waals surface area contributed by atoms with E-state index in [2.05, 4.69) is 46.2 Å². The molecule has 0 N–H and O–H groups in total. The molecular weight excluding hydrogens is 380 g/mol. The van der Waals surface area contributed by atoms with Gasteiger partial charge in [0.05, 0.1) is 13.7 Å². The van der Waals surface area contributed by atoms with Crippen molar-refractivity contribution in [2.75, 3.05) is 45.0 Å². The van der Waals surface area contributed by atoms with Crippen molar-refractivity contribution in [1.82, 2.24) is 4.90 Å². The number of likely N-dealkylation sites (tertiary alicyclic amines) is 1. The molecule has 0 aromatic heterocycles. The molecule has 0 radical (unpaired) electrons. The fourth-order valence-electron chi connectivity index (χ4n) is 5.06. The summed E-state index contributed by atoms with van der Waals surface area (Å²) in [5.74, 6) is 2.43. The number of hydrogen-bond acceptors (Lipinski definition) is 6. The molecule has 2 fully saturated rings. The van der Waals surface area contributed by atoms with Gasteiger partial charge >= 0.3 is 0 Å². The minimum atomic E-state index is 0.225. The number of carbonyl (C=O) groups excluding carboxylic acids is 1. The quantitative estimate of drug-likeness (QED) is 0.679. The number of anilines is 1. The molecule has 6 nitrogen and oxygen atoms in total. The summed E-state index contributed by atoms with van der Waals surface area (Å²) < 4.78 is 16.7. The van der Waals surface area contributed by atoms with E-state index in [1.807, 2.05) is 0 Å². The lowest BCUT2D eigenvalue weighted by Gasteiger charge is -2.23. The Bertz CT molecular complexity index is 908. The van der Waals surface area contributed by atoms with Gasteiger partial charge in [-0.3, -0.25) is 4.90 Å². The Morgan fingerprint density at radius 2 is 1.90 bits per heavy atom.